The molecule has 1 N–H and O–H groups in total. The first kappa shape index (κ1) is 77.5. The number of morpholine rings is 3. The van der Waals surface area contributed by atoms with Gasteiger partial charge in [-0.3, -0.25) is 13.7 Å². The summed E-state index contributed by atoms with van der Waals surface area (Å²) in [6.07, 6.45) is 0.858. The number of anilines is 3. The van der Waals surface area contributed by atoms with Gasteiger partial charge in [-0.2, -0.15) is 45.2 Å². The fourth-order valence-corrected chi connectivity index (χ4v) is 16.6. The summed E-state index contributed by atoms with van der Waals surface area (Å²) in [5.41, 5.74) is 5.80. The molecule has 7 fully saturated rings. The van der Waals surface area contributed by atoms with Crippen molar-refractivity contribution in [3.63, 3.8) is 0 Å². The number of rotatable bonds is 14. The summed E-state index contributed by atoms with van der Waals surface area (Å²) in [7, 11) is 2.07. The third kappa shape index (κ3) is 15.6. The number of hydrogen-bond acceptors (Lipinski definition) is 23. The zero-order chi connectivity index (χ0) is 80.5. The second-order valence-corrected chi connectivity index (χ2v) is 30.1. The maximum Gasteiger partial charge on any atom is 0.410 e. The van der Waals surface area contributed by atoms with Gasteiger partial charge in [-0.05, 0) is 101 Å². The topological polar surface area (TPSA) is 290 Å². The van der Waals surface area contributed by atoms with Gasteiger partial charge in [-0.25, -0.2) is 64.9 Å². The molecular formula is C80H88F6N26O6. The molecule has 7 aliphatic rings. The number of carbonyl (C=O) groups excluding carboxylic acids is 2. The molecule has 7 aliphatic heterocycles. The molecule has 0 aliphatic carbocycles. The quantitative estimate of drug-likeness (QED) is 0.0990. The largest absolute Gasteiger partial charge is 0.445 e. The number of likely N-dealkylation sites (N-methyl/N-ethyl adjacent to an activating group) is 1. The predicted octanol–water partition coefficient (Wildman–Crippen LogP) is 10.7. The normalized spacial score (nSPS) is 18.0. The highest BCUT2D eigenvalue weighted by molar-refractivity contribution is 5.91. The van der Waals surface area contributed by atoms with E-state index in [-0.39, 0.29) is 54.3 Å². The fraction of sp³-hybridized carbons (Fsp3) is 0.450. The number of para-hydroxylation sites is 6. The Hall–Kier alpha value is -11.7. The molecule has 0 radical (unpaired) electrons. The molecule has 13 aromatic rings. The highest BCUT2D eigenvalue weighted by Crippen LogP contribution is 2.39. The number of piperazine rings is 1. The molecule has 4 aromatic carbocycles. The van der Waals surface area contributed by atoms with Crippen molar-refractivity contribution in [1.29, 1.82) is 0 Å². The summed E-state index contributed by atoms with van der Waals surface area (Å²) < 4.78 is 118. The van der Waals surface area contributed by atoms with Crippen LogP contribution in [-0.4, -0.2) is 271 Å². The van der Waals surface area contributed by atoms with Crippen LogP contribution in [0.4, 0.5) is 53.8 Å². The molecule has 20 rings (SSSR count). The van der Waals surface area contributed by atoms with Crippen molar-refractivity contribution in [1.82, 2.24) is 113 Å². The Morgan fingerprint density at radius 2 is 0.746 bits per heavy atom. The molecule has 0 bridgehead atoms. The summed E-state index contributed by atoms with van der Waals surface area (Å²) in [6, 6.07) is 31.0. The van der Waals surface area contributed by atoms with E-state index in [1.807, 2.05) is 74.9 Å². The number of amides is 3. The fourth-order valence-electron chi connectivity index (χ4n) is 16.6. The molecule has 0 atom stereocenters. The number of imidazole rings is 3. The van der Waals surface area contributed by atoms with Crippen LogP contribution in [-0.2, 0) is 25.6 Å². The van der Waals surface area contributed by atoms with Crippen LogP contribution < -0.4 is 20.0 Å². The van der Waals surface area contributed by atoms with Crippen LogP contribution in [0.2, 0.25) is 0 Å². The number of nitrogens with zero attached hydrogens (tertiary/aromatic N) is 25. The van der Waals surface area contributed by atoms with Crippen molar-refractivity contribution in [2.24, 2.45) is 0 Å². The van der Waals surface area contributed by atoms with Gasteiger partial charge in [0.15, 0.2) is 51.9 Å². The average molecular weight is 1620 g/mol. The standard InChI is InChI=1S/C30H30F2N8O3.C28H34F2N10O2.C22H24F2N8O/c31-25(32)28-34-23-8-4-5-9-24(23)39(28)26-22-18-33-40(27(22)36-29(35-26)37-14-16-42-17-15-37)21-10-12-38(13-11-21)30(41)43-19-20-6-2-1-3-7-20;1-35-10-12-38(13-11-35)28(41)37-8-6-19(7-9-37)40-25-20(18-31-40)24(33-27(34-25)36-14-16-42-17-15-36)39-22-5-3-2-4-21(22)32-26(39)23(29)30;23-18(24)21-27-16-3-1-2-4-17(16)31(21)19-15-13-26-32(14-5-7-25-8-6-14)20(15)29-22(28-19)30-9-11-33-12-10-30/h1-9,18,21,25H,10-17,19H2;2-5,18-19,23H,6-17H2,1H3;1-4,13-14,18,25H,5-12H2. The Morgan fingerprint density at radius 3 is 1.12 bits per heavy atom. The number of ether oxygens (including phenoxy) is 4. The van der Waals surface area contributed by atoms with E-state index in [9.17, 15) is 35.9 Å². The first-order chi connectivity index (χ1) is 57.7. The number of likely N-dealkylation sites (tertiary alicyclic amines) is 2. The van der Waals surface area contributed by atoms with Crippen molar-refractivity contribution < 1.29 is 54.9 Å². The zero-order valence-corrected chi connectivity index (χ0v) is 64.9. The number of alkyl halides is 6. The summed E-state index contributed by atoms with van der Waals surface area (Å²) in [5.74, 6) is 1.30. The predicted molar refractivity (Wildman–Crippen MR) is 426 cm³/mol. The summed E-state index contributed by atoms with van der Waals surface area (Å²) in [4.78, 5) is 81.7. The minimum absolute atomic E-state index is 0.00780. The molecule has 118 heavy (non-hydrogen) atoms. The van der Waals surface area contributed by atoms with Crippen LogP contribution in [0.25, 0.3) is 83.7 Å². The van der Waals surface area contributed by atoms with Gasteiger partial charge < -0.3 is 58.6 Å². The smallest absolute Gasteiger partial charge is 0.410 e. The molecule has 0 unspecified atom stereocenters. The zero-order valence-electron chi connectivity index (χ0n) is 64.9. The number of benzene rings is 4. The van der Waals surface area contributed by atoms with Crippen LogP contribution >= 0.6 is 0 Å². The van der Waals surface area contributed by atoms with E-state index in [0.29, 0.717) is 219 Å². The van der Waals surface area contributed by atoms with E-state index in [2.05, 4.69) is 37.3 Å². The lowest BCUT2D eigenvalue weighted by molar-refractivity contribution is 0.0824. The molecule has 0 saturated carbocycles. The van der Waals surface area contributed by atoms with Gasteiger partial charge >= 0.3 is 12.1 Å². The van der Waals surface area contributed by atoms with E-state index in [1.165, 1.54) is 13.7 Å². The van der Waals surface area contributed by atoms with Crippen LogP contribution in [0.5, 0.6) is 0 Å². The van der Waals surface area contributed by atoms with E-state index >= 15 is 0 Å². The van der Waals surface area contributed by atoms with Gasteiger partial charge in [0.1, 0.15) is 6.61 Å². The first-order valence-electron chi connectivity index (χ1n) is 40.2. The molecule has 7 saturated heterocycles. The second kappa shape index (κ2) is 34.1. The maximum atomic E-state index is 14.3. The third-order valence-electron chi connectivity index (χ3n) is 22.9. The lowest BCUT2D eigenvalue weighted by Gasteiger charge is -2.39. The van der Waals surface area contributed by atoms with Crippen LogP contribution in [0.15, 0.2) is 122 Å². The highest BCUT2D eigenvalue weighted by Gasteiger charge is 2.36. The summed E-state index contributed by atoms with van der Waals surface area (Å²) >= 11 is 0. The molecule has 9 aromatic heterocycles. The Labute approximate surface area is 671 Å². The summed E-state index contributed by atoms with van der Waals surface area (Å²) in [6.45, 7) is 14.4. The monoisotopic (exact) mass is 1620 g/mol. The van der Waals surface area contributed by atoms with Crippen molar-refractivity contribution in [2.45, 2.75) is 82.5 Å². The Balaban J connectivity index is 0.000000123. The number of carbonyl (C=O) groups is 2. The van der Waals surface area contributed by atoms with Gasteiger partial charge in [-0.1, -0.05) is 66.7 Å². The minimum Gasteiger partial charge on any atom is -0.445 e. The molecule has 32 nitrogen and oxygen atoms in total. The number of urea groups is 1. The van der Waals surface area contributed by atoms with E-state index in [4.69, 9.17) is 59.0 Å². The lowest BCUT2D eigenvalue weighted by Crippen LogP contribution is -2.53. The van der Waals surface area contributed by atoms with Crippen molar-refractivity contribution in [2.75, 3.05) is 166 Å². The SMILES string of the molecule is CN1CCN(C(=O)N2CCC(n3ncc4c(-n5c(C(F)F)nc6ccccc65)nc(N5CCOCC5)nc43)CC2)CC1.FC(F)c1nc2ccccc2n1-c1nc(N2CCOCC2)nc2c1cnn2C1CCNCC1.O=C(OCc1ccccc1)N1CCC(n2ncc3c(-n4c(C(F)F)nc5ccccc54)nc(N4CCOCC4)nc32)CC1. The number of hydrogen-bond donors (Lipinski definition) is 1. The van der Waals surface area contributed by atoms with Crippen LogP contribution in [0, 0.1) is 0 Å². The molecule has 0 spiro atoms. The van der Waals surface area contributed by atoms with Gasteiger partial charge in [0.25, 0.3) is 19.3 Å². The summed E-state index contributed by atoms with van der Waals surface area (Å²) in [5, 5.41) is 19.2. The maximum absolute atomic E-state index is 14.3. The minimum atomic E-state index is -2.81. The molecule has 3 amide bonds. The lowest BCUT2D eigenvalue weighted by atomic mass is 10.1. The third-order valence-corrected chi connectivity index (χ3v) is 22.9. The van der Waals surface area contributed by atoms with E-state index < -0.39 is 19.3 Å². The number of piperidine rings is 3. The van der Waals surface area contributed by atoms with E-state index in [0.717, 1.165) is 70.5 Å². The average Bonchev–Trinajstić information content (AvgIpc) is 1.59. The van der Waals surface area contributed by atoms with Crippen LogP contribution in [0.3, 0.4) is 0 Å². The second-order valence-electron chi connectivity index (χ2n) is 30.1. The van der Waals surface area contributed by atoms with E-state index in [1.54, 1.807) is 90.2 Å². The molecular weight excluding hydrogens is 1540 g/mol. The number of nitrogens with one attached hydrogen (secondary N) is 1. The molecule has 38 heteroatoms. The number of halogens is 6. The van der Waals surface area contributed by atoms with Crippen molar-refractivity contribution in [3.8, 4) is 17.5 Å². The number of fused-ring (bicyclic) bond motifs is 6. The van der Waals surface area contributed by atoms with Gasteiger partial charge in [0.05, 0.1) is 126 Å². The van der Waals surface area contributed by atoms with Gasteiger partial charge in [-0.15, -0.1) is 0 Å². The van der Waals surface area contributed by atoms with Gasteiger partial charge in [0.2, 0.25) is 17.8 Å². The van der Waals surface area contributed by atoms with Crippen molar-refractivity contribution in [3.05, 3.63) is 145 Å². The molecule has 16 heterocycles. The van der Waals surface area contributed by atoms with Gasteiger partial charge in [0, 0.05) is 91.6 Å². The Bertz CT molecular complexity index is 5710. The van der Waals surface area contributed by atoms with Crippen molar-refractivity contribution >= 4 is 96.2 Å². The Morgan fingerprint density at radius 1 is 0.407 bits per heavy atom. The van der Waals surface area contributed by atoms with Crippen LogP contribution in [0.1, 0.15) is 99.0 Å². The number of aromatic nitrogens is 18. The highest BCUT2D eigenvalue weighted by atomic mass is 19.3. The Kier molecular flexibility index (Phi) is 22.4. The first-order valence-corrected chi connectivity index (χ1v) is 40.2. The molecule has 616 valence electrons.